The maximum atomic E-state index is 11.6. The number of carbonyl (C=O) groups excluding carboxylic acids is 1. The highest BCUT2D eigenvalue weighted by Gasteiger charge is 2.32. The predicted octanol–water partition coefficient (Wildman–Crippen LogP) is 0.724. The van der Waals surface area contributed by atoms with Gasteiger partial charge in [0.1, 0.15) is 0 Å². The standard InChI is InChI=1S/C9H15BrN2O3S/c1-7(10)5-11-9(13)12-4-3-8(6-12)16(2,14)15/h8H,1,3-6H2,2H3,(H,11,13)/t8-/m1/s1. The fraction of sp³-hybridized carbons (Fsp3) is 0.667. The number of hydrogen-bond acceptors (Lipinski definition) is 3. The molecule has 0 radical (unpaired) electrons. The number of halogens is 1. The maximum Gasteiger partial charge on any atom is 0.317 e. The molecule has 1 atom stereocenters. The lowest BCUT2D eigenvalue weighted by Gasteiger charge is -2.16. The predicted molar refractivity (Wildman–Crippen MR) is 66.3 cm³/mol. The lowest BCUT2D eigenvalue weighted by Crippen LogP contribution is -2.40. The summed E-state index contributed by atoms with van der Waals surface area (Å²) >= 11 is 3.13. The summed E-state index contributed by atoms with van der Waals surface area (Å²) in [4.78, 5) is 13.1. The highest BCUT2D eigenvalue weighted by molar-refractivity contribution is 9.11. The van der Waals surface area contributed by atoms with Gasteiger partial charge in [-0.15, -0.1) is 0 Å². The summed E-state index contributed by atoms with van der Waals surface area (Å²) in [5.74, 6) is 0. The number of nitrogens with zero attached hydrogens (tertiary/aromatic N) is 1. The number of sulfone groups is 1. The zero-order valence-corrected chi connectivity index (χ0v) is 11.5. The summed E-state index contributed by atoms with van der Waals surface area (Å²) in [7, 11) is -3.05. The van der Waals surface area contributed by atoms with Crippen LogP contribution in [0.15, 0.2) is 11.1 Å². The molecule has 1 heterocycles. The van der Waals surface area contributed by atoms with Crippen molar-refractivity contribution in [2.75, 3.05) is 25.9 Å². The van der Waals surface area contributed by atoms with Gasteiger partial charge in [-0.05, 0) is 6.42 Å². The molecule has 1 fully saturated rings. The van der Waals surface area contributed by atoms with Crippen molar-refractivity contribution >= 4 is 31.8 Å². The SMILES string of the molecule is C=C(Br)CNC(=O)N1CC[C@@H](S(C)(=O)=O)C1. The molecule has 0 aliphatic carbocycles. The van der Waals surface area contributed by atoms with Gasteiger partial charge < -0.3 is 10.2 Å². The van der Waals surface area contributed by atoms with Crippen LogP contribution in [0.4, 0.5) is 4.79 Å². The molecule has 0 unspecified atom stereocenters. The van der Waals surface area contributed by atoms with E-state index in [0.29, 0.717) is 24.0 Å². The lowest BCUT2D eigenvalue weighted by molar-refractivity contribution is 0.210. The third-order valence-corrected chi connectivity index (χ3v) is 4.35. The van der Waals surface area contributed by atoms with Crippen LogP contribution in [0.25, 0.3) is 0 Å². The Kier molecular flexibility index (Phi) is 4.37. The van der Waals surface area contributed by atoms with Crippen molar-refractivity contribution in [3.8, 4) is 0 Å². The molecule has 1 aliphatic rings. The second kappa shape index (κ2) is 5.18. The van der Waals surface area contributed by atoms with E-state index in [9.17, 15) is 13.2 Å². The van der Waals surface area contributed by atoms with Gasteiger partial charge in [0.15, 0.2) is 9.84 Å². The minimum absolute atomic E-state index is 0.244. The summed E-state index contributed by atoms with van der Waals surface area (Å²) in [6.07, 6.45) is 1.72. The smallest absolute Gasteiger partial charge is 0.317 e. The number of urea groups is 1. The van der Waals surface area contributed by atoms with E-state index in [1.807, 2.05) is 0 Å². The molecule has 0 aromatic carbocycles. The van der Waals surface area contributed by atoms with Crippen molar-refractivity contribution in [1.29, 1.82) is 0 Å². The highest BCUT2D eigenvalue weighted by atomic mass is 79.9. The Balaban J connectivity index is 2.47. The van der Waals surface area contributed by atoms with Crippen LogP contribution in [0.1, 0.15) is 6.42 Å². The third kappa shape index (κ3) is 3.79. The summed E-state index contributed by atoms with van der Waals surface area (Å²) in [6, 6.07) is -0.244. The largest absolute Gasteiger partial charge is 0.333 e. The van der Waals surface area contributed by atoms with Crippen LogP contribution in [0.2, 0.25) is 0 Å². The van der Waals surface area contributed by atoms with Gasteiger partial charge in [-0.25, -0.2) is 13.2 Å². The van der Waals surface area contributed by atoms with Crippen LogP contribution in [0.3, 0.4) is 0 Å². The molecule has 0 aromatic rings. The van der Waals surface area contributed by atoms with Crippen molar-refractivity contribution in [1.82, 2.24) is 10.2 Å². The first-order chi connectivity index (χ1) is 7.30. The van der Waals surface area contributed by atoms with E-state index in [4.69, 9.17) is 0 Å². The van der Waals surface area contributed by atoms with Crippen LogP contribution in [-0.4, -0.2) is 50.5 Å². The molecule has 1 saturated heterocycles. The molecule has 0 spiro atoms. The van der Waals surface area contributed by atoms with E-state index >= 15 is 0 Å². The molecule has 16 heavy (non-hydrogen) atoms. The number of likely N-dealkylation sites (tertiary alicyclic amines) is 1. The van der Waals surface area contributed by atoms with Gasteiger partial charge in [-0.1, -0.05) is 22.5 Å². The van der Waals surface area contributed by atoms with Gasteiger partial charge in [-0.2, -0.15) is 0 Å². The van der Waals surface area contributed by atoms with Gasteiger partial charge in [-0.3, -0.25) is 0 Å². The van der Waals surface area contributed by atoms with Gasteiger partial charge in [0.25, 0.3) is 0 Å². The van der Waals surface area contributed by atoms with Crippen LogP contribution in [-0.2, 0) is 9.84 Å². The average molecular weight is 311 g/mol. The van der Waals surface area contributed by atoms with Crippen molar-refractivity contribution in [2.24, 2.45) is 0 Å². The van der Waals surface area contributed by atoms with E-state index in [1.165, 1.54) is 11.2 Å². The first-order valence-corrected chi connectivity index (χ1v) is 7.60. The number of amides is 2. The van der Waals surface area contributed by atoms with E-state index in [1.54, 1.807) is 0 Å². The van der Waals surface area contributed by atoms with Gasteiger partial charge >= 0.3 is 6.03 Å². The average Bonchev–Trinajstić information content (AvgIpc) is 2.61. The molecule has 5 nitrogen and oxygen atoms in total. The Labute approximate surface area is 104 Å². The van der Waals surface area contributed by atoms with Crippen molar-refractivity contribution in [3.63, 3.8) is 0 Å². The third-order valence-electron chi connectivity index (χ3n) is 2.47. The molecule has 0 saturated carbocycles. The van der Waals surface area contributed by atoms with E-state index in [-0.39, 0.29) is 12.6 Å². The van der Waals surface area contributed by atoms with Gasteiger partial charge in [0, 0.05) is 23.8 Å². The van der Waals surface area contributed by atoms with Crippen molar-refractivity contribution < 1.29 is 13.2 Å². The Hall–Kier alpha value is -0.560. The molecule has 1 N–H and O–H groups in total. The van der Waals surface area contributed by atoms with Crippen molar-refractivity contribution in [2.45, 2.75) is 11.7 Å². The summed E-state index contributed by atoms with van der Waals surface area (Å²) < 4.78 is 23.3. The topological polar surface area (TPSA) is 66.5 Å². The van der Waals surface area contributed by atoms with E-state index < -0.39 is 15.1 Å². The summed E-state index contributed by atoms with van der Waals surface area (Å²) in [5, 5.41) is 2.22. The fourth-order valence-corrected chi connectivity index (χ4v) is 2.67. The molecule has 1 rings (SSSR count). The quantitative estimate of drug-likeness (QED) is 0.835. The Bertz CT molecular complexity index is 394. The monoisotopic (exact) mass is 310 g/mol. The summed E-state index contributed by atoms with van der Waals surface area (Å²) in [6.45, 7) is 4.70. The Morgan fingerprint density at radius 3 is 2.69 bits per heavy atom. The molecule has 0 aromatic heterocycles. The zero-order valence-electron chi connectivity index (χ0n) is 9.07. The first-order valence-electron chi connectivity index (χ1n) is 4.85. The van der Waals surface area contributed by atoms with Crippen LogP contribution in [0, 0.1) is 0 Å². The minimum Gasteiger partial charge on any atom is -0.333 e. The number of carbonyl (C=O) groups is 1. The Morgan fingerprint density at radius 1 is 1.62 bits per heavy atom. The first kappa shape index (κ1) is 13.5. The summed E-state index contributed by atoms with van der Waals surface area (Å²) in [5.41, 5.74) is 0. The van der Waals surface area contributed by atoms with Crippen LogP contribution >= 0.6 is 15.9 Å². The maximum absolute atomic E-state index is 11.6. The van der Waals surface area contributed by atoms with Gasteiger partial charge in [0.05, 0.1) is 11.8 Å². The second-order valence-electron chi connectivity index (χ2n) is 3.86. The van der Waals surface area contributed by atoms with E-state index in [2.05, 4.69) is 27.8 Å². The fourth-order valence-electron chi connectivity index (χ4n) is 1.55. The number of hydrogen-bond donors (Lipinski definition) is 1. The Morgan fingerprint density at radius 2 is 2.25 bits per heavy atom. The molecule has 0 bridgehead atoms. The molecule has 1 aliphatic heterocycles. The van der Waals surface area contributed by atoms with Gasteiger partial charge in [0.2, 0.25) is 0 Å². The zero-order chi connectivity index (χ0) is 12.3. The van der Waals surface area contributed by atoms with Crippen LogP contribution < -0.4 is 5.32 Å². The molecular weight excluding hydrogens is 296 g/mol. The molecular formula is C9H15BrN2O3S. The van der Waals surface area contributed by atoms with Crippen molar-refractivity contribution in [3.05, 3.63) is 11.1 Å². The molecule has 7 heteroatoms. The second-order valence-corrected chi connectivity index (χ2v) is 7.31. The van der Waals surface area contributed by atoms with Crippen LogP contribution in [0.5, 0.6) is 0 Å². The normalized spacial score (nSPS) is 20.9. The molecule has 92 valence electrons. The lowest BCUT2D eigenvalue weighted by atomic mass is 10.4. The van der Waals surface area contributed by atoms with E-state index in [0.717, 1.165) is 0 Å². The minimum atomic E-state index is -3.05. The number of rotatable bonds is 3. The highest BCUT2D eigenvalue weighted by Crippen LogP contribution is 2.16. The molecule has 2 amide bonds. The number of nitrogens with one attached hydrogen (secondary N) is 1.